The van der Waals surface area contributed by atoms with Crippen LogP contribution in [0.3, 0.4) is 0 Å². The maximum atomic E-state index is 11.4. The Labute approximate surface area is 127 Å². The average Bonchev–Trinajstić information content (AvgIpc) is 2.35. The Hall–Kier alpha value is -1.33. The summed E-state index contributed by atoms with van der Waals surface area (Å²) in [5.41, 5.74) is 1.94. The molecule has 0 amide bonds. The van der Waals surface area contributed by atoms with Gasteiger partial charge in [0.25, 0.3) is 0 Å². The van der Waals surface area contributed by atoms with Crippen LogP contribution in [0.15, 0.2) is 18.2 Å². The second kappa shape index (κ2) is 5.46. The van der Waals surface area contributed by atoms with Crippen LogP contribution in [-0.4, -0.2) is 25.9 Å². The largest absolute Gasteiger partial charge is 0.543 e. The lowest BCUT2D eigenvalue weighted by atomic mass is 9.91. The third-order valence-electron chi connectivity index (χ3n) is 4.63. The number of aliphatic carboxylic acids is 1. The predicted molar refractivity (Wildman–Crippen MR) is 86.4 cm³/mol. The molecule has 0 saturated heterocycles. The molecule has 4 nitrogen and oxygen atoms in total. The van der Waals surface area contributed by atoms with Gasteiger partial charge in [0, 0.05) is 13.1 Å². The molecule has 0 fully saturated rings. The van der Waals surface area contributed by atoms with Crippen molar-refractivity contribution in [2.75, 3.05) is 6.54 Å². The van der Waals surface area contributed by atoms with E-state index < -0.39 is 20.2 Å². The van der Waals surface area contributed by atoms with E-state index in [9.17, 15) is 9.90 Å². The highest BCUT2D eigenvalue weighted by atomic mass is 28.4. The van der Waals surface area contributed by atoms with Gasteiger partial charge in [-0.2, -0.15) is 0 Å². The summed E-state index contributed by atoms with van der Waals surface area (Å²) in [7, 11) is -1.90. The minimum Gasteiger partial charge on any atom is -0.543 e. The summed E-state index contributed by atoms with van der Waals surface area (Å²) in [5.74, 6) is -0.474. The van der Waals surface area contributed by atoms with E-state index in [4.69, 9.17) is 4.43 Å². The zero-order valence-electron chi connectivity index (χ0n) is 13.5. The maximum Gasteiger partial charge on any atom is 0.312 e. The number of hydrogen-bond acceptors (Lipinski definition) is 3. The first kappa shape index (κ1) is 16.0. The van der Waals surface area contributed by atoms with Gasteiger partial charge in [-0.05, 0) is 41.4 Å². The van der Waals surface area contributed by atoms with Crippen LogP contribution in [-0.2, 0) is 11.3 Å². The molecule has 2 N–H and O–H groups in total. The van der Waals surface area contributed by atoms with Crippen LogP contribution in [0.1, 0.15) is 37.8 Å². The Bertz CT molecular complexity index is 549. The molecule has 0 bridgehead atoms. The predicted octanol–water partition coefficient (Wildman–Crippen LogP) is 3.34. The van der Waals surface area contributed by atoms with Gasteiger partial charge < -0.3 is 14.8 Å². The van der Waals surface area contributed by atoms with Crippen molar-refractivity contribution in [3.8, 4) is 5.75 Å². The van der Waals surface area contributed by atoms with Crippen molar-refractivity contribution in [1.82, 2.24) is 5.32 Å². The molecule has 1 atom stereocenters. The van der Waals surface area contributed by atoms with Crippen LogP contribution in [0, 0.1) is 0 Å². The first-order chi connectivity index (χ1) is 9.62. The Balaban J connectivity index is 2.32. The highest BCUT2D eigenvalue weighted by molar-refractivity contribution is 6.74. The van der Waals surface area contributed by atoms with Gasteiger partial charge in [0.05, 0.1) is 5.92 Å². The highest BCUT2D eigenvalue weighted by Gasteiger charge is 2.39. The van der Waals surface area contributed by atoms with Crippen LogP contribution in [0.4, 0.5) is 0 Å². The number of carboxylic acid groups (broad SMARTS) is 1. The van der Waals surface area contributed by atoms with Crippen molar-refractivity contribution in [3.63, 3.8) is 0 Å². The highest BCUT2D eigenvalue weighted by Crippen LogP contribution is 2.38. The minimum atomic E-state index is -1.90. The van der Waals surface area contributed by atoms with E-state index in [1.807, 2.05) is 18.2 Å². The van der Waals surface area contributed by atoms with Crippen molar-refractivity contribution in [2.45, 2.75) is 51.4 Å². The Morgan fingerprint density at radius 1 is 1.38 bits per heavy atom. The van der Waals surface area contributed by atoms with E-state index in [0.29, 0.717) is 6.54 Å². The summed E-state index contributed by atoms with van der Waals surface area (Å²) in [6.45, 7) is 12.2. The van der Waals surface area contributed by atoms with Crippen molar-refractivity contribution in [1.29, 1.82) is 0 Å². The Morgan fingerprint density at radius 2 is 2.05 bits per heavy atom. The van der Waals surface area contributed by atoms with Gasteiger partial charge >= 0.3 is 5.97 Å². The summed E-state index contributed by atoms with van der Waals surface area (Å²) in [6.07, 6.45) is 0. The Morgan fingerprint density at radius 3 is 2.62 bits per heavy atom. The molecule has 1 aromatic rings. The lowest BCUT2D eigenvalue weighted by Crippen LogP contribution is -2.44. The summed E-state index contributed by atoms with van der Waals surface area (Å²) in [4.78, 5) is 11.4. The third kappa shape index (κ3) is 3.30. The fourth-order valence-corrected chi connectivity index (χ4v) is 3.27. The summed E-state index contributed by atoms with van der Waals surface area (Å²) in [5, 5.41) is 12.6. The van der Waals surface area contributed by atoms with E-state index >= 15 is 0 Å². The number of nitrogens with one attached hydrogen (secondary N) is 1. The van der Waals surface area contributed by atoms with Gasteiger partial charge in [0.1, 0.15) is 5.75 Å². The first-order valence-electron chi connectivity index (χ1n) is 7.37. The second-order valence-corrected chi connectivity index (χ2v) is 12.0. The van der Waals surface area contributed by atoms with E-state index in [1.54, 1.807) is 0 Å². The third-order valence-corrected chi connectivity index (χ3v) is 8.99. The number of hydrogen-bond donors (Lipinski definition) is 2. The molecule has 0 aromatic heterocycles. The maximum absolute atomic E-state index is 11.4. The molecular formula is C16H25NO3Si. The fourth-order valence-electron chi connectivity index (χ4n) is 2.25. The van der Waals surface area contributed by atoms with Crippen LogP contribution < -0.4 is 9.74 Å². The van der Waals surface area contributed by atoms with Gasteiger partial charge in [-0.15, -0.1) is 0 Å². The molecule has 1 aliphatic heterocycles. The molecule has 0 aliphatic carbocycles. The molecule has 1 heterocycles. The van der Waals surface area contributed by atoms with Gasteiger partial charge in [-0.25, -0.2) is 0 Å². The summed E-state index contributed by atoms with van der Waals surface area (Å²) < 4.78 is 6.29. The van der Waals surface area contributed by atoms with Crippen molar-refractivity contribution in [2.24, 2.45) is 0 Å². The van der Waals surface area contributed by atoms with E-state index in [-0.39, 0.29) is 5.04 Å². The first-order valence-corrected chi connectivity index (χ1v) is 10.3. The molecule has 116 valence electrons. The van der Waals surface area contributed by atoms with Crippen LogP contribution in [0.25, 0.3) is 0 Å². The second-order valence-electron chi connectivity index (χ2n) is 7.24. The Kier molecular flexibility index (Phi) is 4.17. The lowest BCUT2D eigenvalue weighted by molar-refractivity contribution is -0.138. The molecule has 0 saturated carbocycles. The number of carbonyl (C=O) groups is 1. The van der Waals surface area contributed by atoms with E-state index in [0.717, 1.165) is 23.4 Å². The smallest absolute Gasteiger partial charge is 0.312 e. The molecule has 2 rings (SSSR count). The van der Waals surface area contributed by atoms with Gasteiger partial charge in [0.15, 0.2) is 0 Å². The lowest BCUT2D eigenvalue weighted by Gasteiger charge is -2.37. The van der Waals surface area contributed by atoms with Crippen LogP contribution in [0.5, 0.6) is 5.75 Å². The number of fused-ring (bicyclic) bond motifs is 1. The minimum absolute atomic E-state index is 0.122. The molecule has 0 spiro atoms. The topological polar surface area (TPSA) is 58.6 Å². The molecule has 1 aromatic carbocycles. The standard InChI is InChI=1S/C16H25NO3Si/c1-16(2,3)21(4,5)20-12-7-6-11-9-17-10-14(15(18)19)13(11)8-12/h6-8,14,17H,9-10H2,1-5H3,(H,18,19). The van der Waals surface area contributed by atoms with Crippen molar-refractivity contribution < 1.29 is 14.3 Å². The molecule has 1 unspecified atom stereocenters. The number of carboxylic acids is 1. The molecular weight excluding hydrogens is 282 g/mol. The quantitative estimate of drug-likeness (QED) is 0.841. The fraction of sp³-hybridized carbons (Fsp3) is 0.562. The van der Waals surface area contributed by atoms with Gasteiger partial charge in [-0.3, -0.25) is 4.79 Å². The van der Waals surface area contributed by atoms with Crippen LogP contribution in [0.2, 0.25) is 18.1 Å². The average molecular weight is 307 g/mol. The monoisotopic (exact) mass is 307 g/mol. The van der Waals surface area contributed by atoms with Crippen molar-refractivity contribution >= 4 is 14.3 Å². The summed E-state index contributed by atoms with van der Waals surface area (Å²) >= 11 is 0. The summed E-state index contributed by atoms with van der Waals surface area (Å²) in [6, 6.07) is 5.88. The van der Waals surface area contributed by atoms with Gasteiger partial charge in [-0.1, -0.05) is 26.8 Å². The molecule has 5 heteroatoms. The molecule has 0 radical (unpaired) electrons. The van der Waals surface area contributed by atoms with E-state index in [1.165, 1.54) is 0 Å². The normalized spacial score (nSPS) is 19.0. The van der Waals surface area contributed by atoms with Gasteiger partial charge in [0.2, 0.25) is 8.32 Å². The van der Waals surface area contributed by atoms with Crippen molar-refractivity contribution in [3.05, 3.63) is 29.3 Å². The van der Waals surface area contributed by atoms with E-state index in [2.05, 4.69) is 39.2 Å². The SMILES string of the molecule is CC(C)(C)[Si](C)(C)Oc1ccc2c(c1)C(C(=O)O)CNC2. The number of rotatable bonds is 3. The zero-order valence-corrected chi connectivity index (χ0v) is 14.5. The van der Waals surface area contributed by atoms with Crippen LogP contribution >= 0.6 is 0 Å². The zero-order chi connectivity index (χ0) is 15.8. The molecule has 21 heavy (non-hydrogen) atoms. The molecule has 1 aliphatic rings. The number of benzene rings is 1.